The predicted octanol–water partition coefficient (Wildman–Crippen LogP) is 1.76. The molecule has 0 spiro atoms. The quantitative estimate of drug-likeness (QED) is 0.822. The molecule has 1 aliphatic carbocycles. The number of nitrogens with zero attached hydrogens (tertiary/aromatic N) is 2. The average Bonchev–Trinajstić information content (AvgIpc) is 2.80. The Morgan fingerprint density at radius 3 is 3.07 bits per heavy atom. The summed E-state index contributed by atoms with van der Waals surface area (Å²) in [4.78, 5) is 4.27. The SMILES string of the molecule is NC1(CCc2ccn3ccnc3c2)CC1. The number of aryl methyl sites for hydroxylation is 1. The van der Waals surface area contributed by atoms with Gasteiger partial charge < -0.3 is 10.1 Å². The molecule has 3 nitrogen and oxygen atoms in total. The summed E-state index contributed by atoms with van der Waals surface area (Å²) in [5, 5.41) is 0. The molecule has 0 radical (unpaired) electrons. The first-order chi connectivity index (χ1) is 7.25. The van der Waals surface area contributed by atoms with Gasteiger partial charge in [-0.25, -0.2) is 4.98 Å². The van der Waals surface area contributed by atoms with Crippen molar-refractivity contribution in [3.8, 4) is 0 Å². The van der Waals surface area contributed by atoms with Gasteiger partial charge in [0.05, 0.1) is 0 Å². The number of hydrogen-bond donors (Lipinski definition) is 1. The van der Waals surface area contributed by atoms with Crippen LogP contribution in [0.25, 0.3) is 5.65 Å². The van der Waals surface area contributed by atoms with Crippen molar-refractivity contribution in [2.24, 2.45) is 5.73 Å². The monoisotopic (exact) mass is 201 g/mol. The predicted molar refractivity (Wildman–Crippen MR) is 59.7 cm³/mol. The zero-order chi connectivity index (χ0) is 10.3. The third kappa shape index (κ3) is 1.75. The van der Waals surface area contributed by atoms with Gasteiger partial charge in [-0.2, -0.15) is 0 Å². The third-order valence-electron chi connectivity index (χ3n) is 3.27. The molecule has 0 amide bonds. The van der Waals surface area contributed by atoms with Crippen LogP contribution in [0.1, 0.15) is 24.8 Å². The normalized spacial score (nSPS) is 18.2. The summed E-state index contributed by atoms with van der Waals surface area (Å²) in [6.07, 6.45) is 10.4. The van der Waals surface area contributed by atoms with Crippen LogP contribution < -0.4 is 5.73 Å². The highest BCUT2D eigenvalue weighted by atomic mass is 15.0. The van der Waals surface area contributed by atoms with Crippen LogP contribution in [-0.4, -0.2) is 14.9 Å². The Hall–Kier alpha value is -1.35. The lowest BCUT2D eigenvalue weighted by molar-refractivity contribution is 0.609. The molecule has 0 atom stereocenters. The fourth-order valence-electron chi connectivity index (χ4n) is 1.91. The van der Waals surface area contributed by atoms with Crippen molar-refractivity contribution in [3.63, 3.8) is 0 Å². The lowest BCUT2D eigenvalue weighted by atomic mass is 10.1. The van der Waals surface area contributed by atoms with Crippen LogP contribution in [0.5, 0.6) is 0 Å². The molecule has 2 N–H and O–H groups in total. The highest BCUT2D eigenvalue weighted by Crippen LogP contribution is 2.36. The second-order valence-corrected chi connectivity index (χ2v) is 4.59. The smallest absolute Gasteiger partial charge is 0.136 e. The Balaban J connectivity index is 1.78. The third-order valence-corrected chi connectivity index (χ3v) is 3.27. The molecule has 1 saturated carbocycles. The van der Waals surface area contributed by atoms with Crippen LogP contribution >= 0.6 is 0 Å². The average molecular weight is 201 g/mol. The summed E-state index contributed by atoms with van der Waals surface area (Å²) >= 11 is 0. The van der Waals surface area contributed by atoms with E-state index in [1.807, 2.05) is 16.8 Å². The van der Waals surface area contributed by atoms with Crippen molar-refractivity contribution in [2.45, 2.75) is 31.2 Å². The minimum absolute atomic E-state index is 0.154. The number of hydrogen-bond acceptors (Lipinski definition) is 2. The summed E-state index contributed by atoms with van der Waals surface area (Å²) < 4.78 is 2.03. The summed E-state index contributed by atoms with van der Waals surface area (Å²) in [5.41, 5.74) is 8.58. The van der Waals surface area contributed by atoms with E-state index >= 15 is 0 Å². The minimum Gasteiger partial charge on any atom is -0.325 e. The Morgan fingerprint density at radius 1 is 1.40 bits per heavy atom. The lowest BCUT2D eigenvalue weighted by Crippen LogP contribution is -2.22. The van der Waals surface area contributed by atoms with E-state index in [1.165, 1.54) is 18.4 Å². The molecule has 1 fully saturated rings. The van der Waals surface area contributed by atoms with Gasteiger partial charge in [-0.3, -0.25) is 0 Å². The zero-order valence-electron chi connectivity index (χ0n) is 8.69. The number of pyridine rings is 1. The molecule has 0 unspecified atom stereocenters. The highest BCUT2D eigenvalue weighted by Gasteiger charge is 2.37. The van der Waals surface area contributed by atoms with Crippen molar-refractivity contribution >= 4 is 5.65 Å². The second kappa shape index (κ2) is 3.07. The van der Waals surface area contributed by atoms with Gasteiger partial charge in [-0.1, -0.05) is 0 Å². The second-order valence-electron chi connectivity index (χ2n) is 4.59. The fourth-order valence-corrected chi connectivity index (χ4v) is 1.91. The molecule has 2 aromatic heterocycles. The van der Waals surface area contributed by atoms with Crippen LogP contribution in [0.4, 0.5) is 0 Å². The van der Waals surface area contributed by atoms with Gasteiger partial charge in [-0.15, -0.1) is 0 Å². The van der Waals surface area contributed by atoms with E-state index in [-0.39, 0.29) is 5.54 Å². The van der Waals surface area contributed by atoms with Gasteiger partial charge in [0, 0.05) is 24.1 Å². The van der Waals surface area contributed by atoms with Crippen molar-refractivity contribution in [1.82, 2.24) is 9.38 Å². The Morgan fingerprint density at radius 2 is 2.27 bits per heavy atom. The van der Waals surface area contributed by atoms with Gasteiger partial charge in [-0.05, 0) is 43.4 Å². The van der Waals surface area contributed by atoms with Gasteiger partial charge in [0.25, 0.3) is 0 Å². The molecular formula is C12H15N3. The molecule has 0 bridgehead atoms. The summed E-state index contributed by atoms with van der Waals surface area (Å²) in [6, 6.07) is 4.30. The van der Waals surface area contributed by atoms with E-state index in [2.05, 4.69) is 23.3 Å². The maximum absolute atomic E-state index is 6.07. The summed E-state index contributed by atoms with van der Waals surface area (Å²) in [6.45, 7) is 0. The maximum Gasteiger partial charge on any atom is 0.136 e. The van der Waals surface area contributed by atoms with Crippen LogP contribution in [0, 0.1) is 0 Å². The van der Waals surface area contributed by atoms with Crippen molar-refractivity contribution in [1.29, 1.82) is 0 Å². The van der Waals surface area contributed by atoms with E-state index in [4.69, 9.17) is 5.73 Å². The van der Waals surface area contributed by atoms with E-state index < -0.39 is 0 Å². The van der Waals surface area contributed by atoms with Crippen LogP contribution in [0.3, 0.4) is 0 Å². The van der Waals surface area contributed by atoms with E-state index in [1.54, 1.807) is 0 Å². The first kappa shape index (κ1) is 8.92. The molecule has 78 valence electrons. The molecule has 0 aliphatic heterocycles. The number of fused-ring (bicyclic) bond motifs is 1. The molecule has 3 rings (SSSR count). The Kier molecular flexibility index (Phi) is 1.83. The van der Waals surface area contributed by atoms with Crippen LogP contribution in [0.15, 0.2) is 30.7 Å². The van der Waals surface area contributed by atoms with Crippen molar-refractivity contribution in [2.75, 3.05) is 0 Å². The Bertz CT molecular complexity index is 482. The number of imidazole rings is 1. The van der Waals surface area contributed by atoms with E-state index in [0.29, 0.717) is 0 Å². The molecule has 3 heteroatoms. The first-order valence-electron chi connectivity index (χ1n) is 5.46. The van der Waals surface area contributed by atoms with Gasteiger partial charge >= 0.3 is 0 Å². The number of nitrogens with two attached hydrogens (primary N) is 1. The van der Waals surface area contributed by atoms with Crippen molar-refractivity contribution < 1.29 is 0 Å². The van der Waals surface area contributed by atoms with Crippen LogP contribution in [-0.2, 0) is 6.42 Å². The summed E-state index contributed by atoms with van der Waals surface area (Å²) in [5.74, 6) is 0. The maximum atomic E-state index is 6.07. The fraction of sp³-hybridized carbons (Fsp3) is 0.417. The molecule has 15 heavy (non-hydrogen) atoms. The summed E-state index contributed by atoms with van der Waals surface area (Å²) in [7, 11) is 0. The topological polar surface area (TPSA) is 43.3 Å². The molecule has 2 heterocycles. The zero-order valence-corrected chi connectivity index (χ0v) is 8.69. The standard InChI is InChI=1S/C12H15N3/c13-12(4-5-12)3-1-10-2-7-15-8-6-14-11(15)9-10/h2,6-9H,1,3-5,13H2. The minimum atomic E-state index is 0.154. The molecule has 2 aromatic rings. The molecule has 1 aliphatic rings. The number of rotatable bonds is 3. The van der Waals surface area contributed by atoms with Crippen LogP contribution in [0.2, 0.25) is 0 Å². The largest absolute Gasteiger partial charge is 0.325 e. The lowest BCUT2D eigenvalue weighted by Gasteiger charge is -2.07. The highest BCUT2D eigenvalue weighted by molar-refractivity contribution is 5.41. The molecule has 0 saturated heterocycles. The van der Waals surface area contributed by atoms with Gasteiger partial charge in [0.2, 0.25) is 0 Å². The van der Waals surface area contributed by atoms with E-state index in [0.717, 1.165) is 18.5 Å². The molecule has 0 aromatic carbocycles. The first-order valence-corrected chi connectivity index (χ1v) is 5.46. The van der Waals surface area contributed by atoms with Gasteiger partial charge in [0.15, 0.2) is 0 Å². The molecular weight excluding hydrogens is 186 g/mol. The number of aromatic nitrogens is 2. The Labute approximate surface area is 88.9 Å². The van der Waals surface area contributed by atoms with Crippen molar-refractivity contribution in [3.05, 3.63) is 36.3 Å². The van der Waals surface area contributed by atoms with Gasteiger partial charge in [0.1, 0.15) is 5.65 Å². The van der Waals surface area contributed by atoms with E-state index in [9.17, 15) is 0 Å².